The summed E-state index contributed by atoms with van der Waals surface area (Å²) in [6.45, 7) is 0.107. The van der Waals surface area contributed by atoms with Crippen molar-refractivity contribution in [3.05, 3.63) is 33.9 Å². The van der Waals surface area contributed by atoms with Crippen LogP contribution in [-0.4, -0.2) is 28.7 Å². The topological polar surface area (TPSA) is 92.6 Å². The largest absolute Gasteiger partial charge is 0.383 e. The Hall–Kier alpha value is -2.44. The number of anilines is 1. The molecule has 0 spiro atoms. The molecule has 1 N–H and O–H groups in total. The third-order valence-corrected chi connectivity index (χ3v) is 3.83. The van der Waals surface area contributed by atoms with Crippen LogP contribution in [0.3, 0.4) is 0 Å². The molecule has 104 valence electrons. The maximum atomic E-state index is 11.9. The Labute approximate surface area is 114 Å². The summed E-state index contributed by atoms with van der Waals surface area (Å²) >= 11 is 0. The Morgan fingerprint density at radius 3 is 2.55 bits per heavy atom. The molecule has 7 nitrogen and oxygen atoms in total. The fraction of sp³-hybridized carbons (Fsp3) is 0.385. The molecule has 2 fully saturated rings. The second-order valence-electron chi connectivity index (χ2n) is 5.07. The zero-order valence-corrected chi connectivity index (χ0v) is 10.8. The number of hydrogen-bond donors (Lipinski definition) is 1. The van der Waals surface area contributed by atoms with Gasteiger partial charge in [-0.1, -0.05) is 6.07 Å². The number of carbonyl (C=O) groups is 2. The number of piperidine rings is 1. The van der Waals surface area contributed by atoms with Crippen LogP contribution in [-0.2, 0) is 16.1 Å². The SMILES string of the molecule is CNc1ccc(CN2C(=O)C3CC3C2=O)cc1[N+](=O)[O-]. The third kappa shape index (κ3) is 1.82. The van der Waals surface area contributed by atoms with Crippen molar-refractivity contribution >= 4 is 23.2 Å². The van der Waals surface area contributed by atoms with Crippen LogP contribution in [0.2, 0.25) is 0 Å². The summed E-state index contributed by atoms with van der Waals surface area (Å²) in [4.78, 5) is 35.4. The lowest BCUT2D eigenvalue weighted by molar-refractivity contribution is -0.384. The number of hydrogen-bond acceptors (Lipinski definition) is 5. The summed E-state index contributed by atoms with van der Waals surface area (Å²) < 4.78 is 0. The number of fused-ring (bicyclic) bond motifs is 1. The van der Waals surface area contributed by atoms with Crippen LogP contribution in [0.5, 0.6) is 0 Å². The molecule has 1 saturated heterocycles. The van der Waals surface area contributed by atoms with Gasteiger partial charge in [0, 0.05) is 13.1 Å². The van der Waals surface area contributed by atoms with Crippen molar-refractivity contribution in [1.29, 1.82) is 0 Å². The Morgan fingerprint density at radius 2 is 2.00 bits per heavy atom. The van der Waals surface area contributed by atoms with E-state index in [4.69, 9.17) is 0 Å². The van der Waals surface area contributed by atoms with Gasteiger partial charge in [0.25, 0.3) is 5.69 Å². The van der Waals surface area contributed by atoms with Crippen molar-refractivity contribution in [3.63, 3.8) is 0 Å². The van der Waals surface area contributed by atoms with E-state index in [9.17, 15) is 19.7 Å². The van der Waals surface area contributed by atoms with Gasteiger partial charge in [-0.3, -0.25) is 24.6 Å². The molecule has 2 amide bonds. The van der Waals surface area contributed by atoms with Crippen LogP contribution in [0.4, 0.5) is 11.4 Å². The van der Waals surface area contributed by atoms with Crippen LogP contribution in [0, 0.1) is 22.0 Å². The van der Waals surface area contributed by atoms with Crippen molar-refractivity contribution in [3.8, 4) is 0 Å². The van der Waals surface area contributed by atoms with Gasteiger partial charge in [0.1, 0.15) is 5.69 Å². The maximum absolute atomic E-state index is 11.9. The number of carbonyl (C=O) groups excluding carboxylic acids is 2. The molecule has 2 atom stereocenters. The predicted octanol–water partition coefficient (Wildman–Crippen LogP) is 1.14. The van der Waals surface area contributed by atoms with Gasteiger partial charge in [-0.05, 0) is 18.1 Å². The molecule has 1 aromatic carbocycles. The third-order valence-electron chi connectivity index (χ3n) is 3.83. The summed E-state index contributed by atoms with van der Waals surface area (Å²) in [5.74, 6) is -0.594. The first kappa shape index (κ1) is 12.6. The molecule has 7 heteroatoms. The first-order valence-electron chi connectivity index (χ1n) is 6.33. The molecule has 2 unspecified atom stereocenters. The molecule has 3 rings (SSSR count). The van der Waals surface area contributed by atoms with Crippen molar-refractivity contribution in [1.82, 2.24) is 4.90 Å². The minimum absolute atomic E-state index is 0.0609. The van der Waals surface area contributed by atoms with Gasteiger partial charge >= 0.3 is 0 Å². The Morgan fingerprint density at radius 1 is 1.35 bits per heavy atom. The van der Waals surface area contributed by atoms with Crippen molar-refractivity contribution in [2.45, 2.75) is 13.0 Å². The van der Waals surface area contributed by atoms with Crippen LogP contribution in [0.1, 0.15) is 12.0 Å². The van der Waals surface area contributed by atoms with Crippen LogP contribution >= 0.6 is 0 Å². The molecular weight excluding hydrogens is 262 g/mol. The predicted molar refractivity (Wildman–Crippen MR) is 69.8 cm³/mol. The zero-order valence-electron chi connectivity index (χ0n) is 10.8. The second kappa shape index (κ2) is 4.29. The van der Waals surface area contributed by atoms with E-state index in [1.54, 1.807) is 19.2 Å². The molecule has 0 aromatic heterocycles. The molecule has 1 aliphatic carbocycles. The summed E-state index contributed by atoms with van der Waals surface area (Å²) in [7, 11) is 1.60. The molecule has 20 heavy (non-hydrogen) atoms. The lowest BCUT2D eigenvalue weighted by Crippen LogP contribution is -2.32. The van der Waals surface area contributed by atoms with Crippen LogP contribution in [0.25, 0.3) is 0 Å². The highest BCUT2D eigenvalue weighted by Crippen LogP contribution is 2.47. The van der Waals surface area contributed by atoms with E-state index in [1.165, 1.54) is 11.0 Å². The molecule has 1 aliphatic heterocycles. The van der Waals surface area contributed by atoms with E-state index >= 15 is 0 Å². The smallest absolute Gasteiger partial charge is 0.292 e. The van der Waals surface area contributed by atoms with E-state index in [0.717, 1.165) is 0 Å². The van der Waals surface area contributed by atoms with E-state index < -0.39 is 4.92 Å². The number of amides is 2. The first-order chi connectivity index (χ1) is 9.52. The maximum Gasteiger partial charge on any atom is 0.292 e. The monoisotopic (exact) mass is 275 g/mol. The first-order valence-corrected chi connectivity index (χ1v) is 6.33. The number of rotatable bonds is 4. The molecule has 0 bridgehead atoms. The Balaban J connectivity index is 1.85. The number of nitro groups is 1. The van der Waals surface area contributed by atoms with Gasteiger partial charge in [-0.2, -0.15) is 0 Å². The highest BCUT2D eigenvalue weighted by Gasteiger charge is 2.58. The van der Waals surface area contributed by atoms with E-state index in [1.807, 2.05) is 0 Å². The van der Waals surface area contributed by atoms with Gasteiger partial charge in [0.05, 0.1) is 23.3 Å². The minimum Gasteiger partial charge on any atom is -0.383 e. The Bertz CT molecular complexity index is 608. The summed E-state index contributed by atoms with van der Waals surface area (Å²) in [6, 6.07) is 4.67. The van der Waals surface area contributed by atoms with Crippen LogP contribution < -0.4 is 5.32 Å². The minimum atomic E-state index is -0.486. The average molecular weight is 275 g/mol. The lowest BCUT2D eigenvalue weighted by Gasteiger charge is -2.16. The number of likely N-dealkylation sites (tertiary alicyclic amines) is 1. The van der Waals surface area contributed by atoms with Crippen molar-refractivity contribution in [2.24, 2.45) is 11.8 Å². The number of nitrogens with zero attached hydrogens (tertiary/aromatic N) is 2. The van der Waals surface area contributed by atoms with E-state index in [-0.39, 0.29) is 35.9 Å². The zero-order chi connectivity index (χ0) is 14.4. The highest BCUT2D eigenvalue weighted by molar-refractivity contribution is 6.08. The fourth-order valence-corrected chi connectivity index (χ4v) is 2.63. The van der Waals surface area contributed by atoms with Gasteiger partial charge < -0.3 is 5.32 Å². The van der Waals surface area contributed by atoms with E-state index in [0.29, 0.717) is 17.7 Å². The average Bonchev–Trinajstić information content (AvgIpc) is 3.19. The number of nitrogens with one attached hydrogen (secondary N) is 1. The molecule has 1 heterocycles. The second-order valence-corrected chi connectivity index (χ2v) is 5.07. The van der Waals surface area contributed by atoms with Crippen molar-refractivity contribution in [2.75, 3.05) is 12.4 Å². The lowest BCUT2D eigenvalue weighted by atomic mass is 10.1. The van der Waals surface area contributed by atoms with Crippen LogP contribution in [0.15, 0.2) is 18.2 Å². The summed E-state index contributed by atoms with van der Waals surface area (Å²) in [5.41, 5.74) is 0.925. The summed E-state index contributed by atoms with van der Waals surface area (Å²) in [6.07, 6.45) is 0.660. The van der Waals surface area contributed by atoms with Gasteiger partial charge in [0.2, 0.25) is 11.8 Å². The molecular formula is C13H13N3O4. The Kier molecular flexibility index (Phi) is 2.70. The normalized spacial score (nSPS) is 23.8. The number of nitro benzene ring substituents is 1. The van der Waals surface area contributed by atoms with E-state index in [2.05, 4.69) is 5.32 Å². The number of imide groups is 1. The van der Waals surface area contributed by atoms with Gasteiger partial charge in [-0.15, -0.1) is 0 Å². The standard InChI is InChI=1S/C13H13N3O4/c1-14-10-3-2-7(4-11(10)16(19)20)6-15-12(17)8-5-9(8)13(15)18/h2-4,8-9,14H,5-6H2,1H3. The van der Waals surface area contributed by atoms with Crippen molar-refractivity contribution < 1.29 is 14.5 Å². The molecule has 2 aliphatic rings. The quantitative estimate of drug-likeness (QED) is 0.505. The molecule has 1 saturated carbocycles. The van der Waals surface area contributed by atoms with Gasteiger partial charge in [0.15, 0.2) is 0 Å². The van der Waals surface area contributed by atoms with Gasteiger partial charge in [-0.25, -0.2) is 0 Å². The summed E-state index contributed by atoms with van der Waals surface area (Å²) in [5, 5.41) is 13.7. The fourth-order valence-electron chi connectivity index (χ4n) is 2.63. The number of benzene rings is 1. The highest BCUT2D eigenvalue weighted by atomic mass is 16.6. The molecule has 1 aromatic rings. The molecule has 0 radical (unpaired) electrons.